The van der Waals surface area contributed by atoms with Crippen molar-refractivity contribution in [2.24, 2.45) is 0 Å². The number of nitrogens with one attached hydrogen (secondary N) is 1. The van der Waals surface area contributed by atoms with Crippen LogP contribution in [0.15, 0.2) is 48.5 Å². The molecule has 0 bridgehead atoms. The van der Waals surface area contributed by atoms with Crippen LogP contribution in [0.2, 0.25) is 0 Å². The minimum atomic E-state index is -3.34. The third-order valence-corrected chi connectivity index (χ3v) is 5.36. The predicted molar refractivity (Wildman–Crippen MR) is 93.3 cm³/mol. The predicted octanol–water partition coefficient (Wildman–Crippen LogP) is 1.68. The number of amides is 1. The third kappa shape index (κ3) is 4.56. The van der Waals surface area contributed by atoms with Gasteiger partial charge in [0.15, 0.2) is 0 Å². The second-order valence-corrected chi connectivity index (χ2v) is 7.78. The maximum atomic E-state index is 12.2. The topological polar surface area (TPSA) is 86.7 Å². The SMILES string of the molecule is CN(C)S(=O)(=O)CCNC(=O)c1cccc(-c2ccc(O)cc2)c1. The van der Waals surface area contributed by atoms with Crippen molar-refractivity contribution in [3.8, 4) is 16.9 Å². The molecular formula is C17H20N2O4S. The van der Waals surface area contributed by atoms with E-state index >= 15 is 0 Å². The highest BCUT2D eigenvalue weighted by Gasteiger charge is 2.14. The summed E-state index contributed by atoms with van der Waals surface area (Å²) < 4.78 is 24.5. The molecule has 1 amide bonds. The van der Waals surface area contributed by atoms with Crippen LogP contribution in [0.5, 0.6) is 5.75 Å². The highest BCUT2D eigenvalue weighted by atomic mass is 32.2. The summed E-state index contributed by atoms with van der Waals surface area (Å²) in [7, 11) is -0.423. The first-order valence-corrected chi connectivity index (χ1v) is 8.98. The van der Waals surface area contributed by atoms with Crippen molar-refractivity contribution < 1.29 is 18.3 Å². The van der Waals surface area contributed by atoms with Crippen molar-refractivity contribution in [3.05, 3.63) is 54.1 Å². The van der Waals surface area contributed by atoms with E-state index in [4.69, 9.17) is 0 Å². The molecule has 0 saturated carbocycles. The molecule has 2 rings (SSSR count). The van der Waals surface area contributed by atoms with Crippen molar-refractivity contribution in [1.29, 1.82) is 0 Å². The maximum Gasteiger partial charge on any atom is 0.251 e. The van der Waals surface area contributed by atoms with Crippen LogP contribution in [0.25, 0.3) is 11.1 Å². The fourth-order valence-corrected chi connectivity index (χ4v) is 2.80. The van der Waals surface area contributed by atoms with Gasteiger partial charge in [-0.3, -0.25) is 4.79 Å². The van der Waals surface area contributed by atoms with Gasteiger partial charge in [-0.25, -0.2) is 12.7 Å². The standard InChI is InChI=1S/C17H20N2O4S/c1-19(2)24(22,23)11-10-18-17(21)15-5-3-4-14(12-15)13-6-8-16(20)9-7-13/h3-9,12,20H,10-11H2,1-2H3,(H,18,21). The Morgan fingerprint density at radius 1 is 1.08 bits per heavy atom. The van der Waals surface area contributed by atoms with Crippen LogP contribution in [0.3, 0.4) is 0 Å². The molecule has 6 nitrogen and oxygen atoms in total. The molecule has 0 heterocycles. The molecule has 0 saturated heterocycles. The highest BCUT2D eigenvalue weighted by molar-refractivity contribution is 7.89. The lowest BCUT2D eigenvalue weighted by molar-refractivity contribution is 0.0956. The van der Waals surface area contributed by atoms with Gasteiger partial charge in [-0.15, -0.1) is 0 Å². The van der Waals surface area contributed by atoms with Gasteiger partial charge in [-0.2, -0.15) is 0 Å². The number of rotatable bonds is 6. The molecule has 128 valence electrons. The van der Waals surface area contributed by atoms with Gasteiger partial charge in [-0.1, -0.05) is 24.3 Å². The molecule has 0 aromatic heterocycles. The lowest BCUT2D eigenvalue weighted by atomic mass is 10.0. The summed E-state index contributed by atoms with van der Waals surface area (Å²) in [6.45, 7) is 0.0444. The Morgan fingerprint density at radius 2 is 1.75 bits per heavy atom. The van der Waals surface area contributed by atoms with Crippen LogP contribution < -0.4 is 5.32 Å². The number of phenols is 1. The number of benzene rings is 2. The summed E-state index contributed by atoms with van der Waals surface area (Å²) in [6, 6.07) is 13.7. The van der Waals surface area contributed by atoms with E-state index in [0.717, 1.165) is 15.4 Å². The van der Waals surface area contributed by atoms with Crippen LogP contribution in [-0.4, -0.2) is 50.1 Å². The van der Waals surface area contributed by atoms with Gasteiger partial charge in [0.25, 0.3) is 5.91 Å². The second kappa shape index (κ2) is 7.46. The van der Waals surface area contributed by atoms with E-state index in [-0.39, 0.29) is 24.0 Å². The Labute approximate surface area is 141 Å². The second-order valence-electron chi connectivity index (χ2n) is 5.48. The lowest BCUT2D eigenvalue weighted by Crippen LogP contribution is -2.33. The molecule has 0 fully saturated rings. The summed E-state index contributed by atoms with van der Waals surface area (Å²) in [5.74, 6) is -0.303. The molecule has 24 heavy (non-hydrogen) atoms. The van der Waals surface area contributed by atoms with Crippen molar-refractivity contribution >= 4 is 15.9 Å². The number of nitrogens with zero attached hydrogens (tertiary/aromatic N) is 1. The van der Waals surface area contributed by atoms with Crippen LogP contribution in [0.1, 0.15) is 10.4 Å². The molecular weight excluding hydrogens is 328 g/mol. The molecule has 7 heteroatoms. The van der Waals surface area contributed by atoms with Gasteiger partial charge in [0, 0.05) is 26.2 Å². The summed E-state index contributed by atoms with van der Waals surface area (Å²) in [5.41, 5.74) is 2.16. The molecule has 2 aromatic carbocycles. The van der Waals surface area contributed by atoms with E-state index in [9.17, 15) is 18.3 Å². The highest BCUT2D eigenvalue weighted by Crippen LogP contribution is 2.22. The molecule has 0 unspecified atom stereocenters. The molecule has 0 aliphatic rings. The Balaban J connectivity index is 2.05. The molecule has 0 spiro atoms. The molecule has 0 atom stereocenters. The van der Waals surface area contributed by atoms with Crippen LogP contribution in [0.4, 0.5) is 0 Å². The average Bonchev–Trinajstić information content (AvgIpc) is 2.55. The summed E-state index contributed by atoms with van der Waals surface area (Å²) in [4.78, 5) is 12.2. The van der Waals surface area contributed by atoms with E-state index in [2.05, 4.69) is 5.32 Å². The van der Waals surface area contributed by atoms with Crippen LogP contribution >= 0.6 is 0 Å². The number of carbonyl (C=O) groups excluding carboxylic acids is 1. The Hall–Kier alpha value is -2.38. The molecule has 2 aromatic rings. The smallest absolute Gasteiger partial charge is 0.251 e. The lowest BCUT2D eigenvalue weighted by Gasteiger charge is -2.12. The largest absolute Gasteiger partial charge is 0.508 e. The first kappa shape index (κ1) is 18.0. The Morgan fingerprint density at radius 3 is 2.38 bits per heavy atom. The van der Waals surface area contributed by atoms with Gasteiger partial charge in [-0.05, 0) is 35.4 Å². The Kier molecular flexibility index (Phi) is 5.58. The summed E-state index contributed by atoms with van der Waals surface area (Å²) in [6.07, 6.45) is 0. The fraction of sp³-hybridized carbons (Fsp3) is 0.235. The monoisotopic (exact) mass is 348 g/mol. The third-order valence-electron chi connectivity index (χ3n) is 3.53. The number of hydrogen-bond donors (Lipinski definition) is 2. The summed E-state index contributed by atoms with van der Waals surface area (Å²) >= 11 is 0. The van der Waals surface area contributed by atoms with Gasteiger partial charge in [0.2, 0.25) is 10.0 Å². The first-order valence-electron chi connectivity index (χ1n) is 7.37. The summed E-state index contributed by atoms with van der Waals surface area (Å²) in [5, 5.41) is 11.9. The van der Waals surface area contributed by atoms with Crippen molar-refractivity contribution in [1.82, 2.24) is 9.62 Å². The minimum Gasteiger partial charge on any atom is -0.508 e. The normalized spacial score (nSPS) is 11.5. The van der Waals surface area contributed by atoms with E-state index in [0.29, 0.717) is 5.56 Å². The van der Waals surface area contributed by atoms with Gasteiger partial charge in [0.05, 0.1) is 5.75 Å². The number of sulfonamides is 1. The minimum absolute atomic E-state index is 0.0444. The first-order chi connectivity index (χ1) is 11.3. The van der Waals surface area contributed by atoms with Crippen LogP contribution in [-0.2, 0) is 10.0 Å². The van der Waals surface area contributed by atoms with E-state index in [1.54, 1.807) is 42.5 Å². The van der Waals surface area contributed by atoms with E-state index < -0.39 is 10.0 Å². The zero-order chi connectivity index (χ0) is 17.7. The molecule has 0 aliphatic carbocycles. The number of phenolic OH excluding ortho intramolecular Hbond substituents is 1. The number of hydrogen-bond acceptors (Lipinski definition) is 4. The average molecular weight is 348 g/mol. The number of carbonyl (C=O) groups is 1. The van der Waals surface area contributed by atoms with Crippen molar-refractivity contribution in [2.45, 2.75) is 0 Å². The molecule has 0 aliphatic heterocycles. The Bertz CT molecular complexity index is 815. The van der Waals surface area contributed by atoms with Crippen molar-refractivity contribution in [3.63, 3.8) is 0 Å². The van der Waals surface area contributed by atoms with E-state index in [1.165, 1.54) is 14.1 Å². The van der Waals surface area contributed by atoms with Crippen LogP contribution in [0, 0.1) is 0 Å². The molecule has 0 radical (unpaired) electrons. The number of aromatic hydroxyl groups is 1. The fourth-order valence-electron chi connectivity index (χ4n) is 2.07. The van der Waals surface area contributed by atoms with Gasteiger partial charge >= 0.3 is 0 Å². The molecule has 2 N–H and O–H groups in total. The quantitative estimate of drug-likeness (QED) is 0.831. The zero-order valence-electron chi connectivity index (χ0n) is 13.6. The maximum absolute atomic E-state index is 12.2. The van der Waals surface area contributed by atoms with E-state index in [1.807, 2.05) is 6.07 Å². The van der Waals surface area contributed by atoms with Gasteiger partial charge < -0.3 is 10.4 Å². The van der Waals surface area contributed by atoms with Gasteiger partial charge in [0.1, 0.15) is 5.75 Å². The van der Waals surface area contributed by atoms with Crippen molar-refractivity contribution in [2.75, 3.05) is 26.4 Å². The zero-order valence-corrected chi connectivity index (χ0v) is 14.4.